The minimum atomic E-state index is -0.794. The van der Waals surface area contributed by atoms with Gasteiger partial charge in [-0.2, -0.15) is 5.06 Å². The highest BCUT2D eigenvalue weighted by Gasteiger charge is 2.57. The number of ether oxygens (including phenoxy) is 2. The fourth-order valence-corrected chi connectivity index (χ4v) is 8.47. The lowest BCUT2D eigenvalue weighted by molar-refractivity contribution is -0.175. The molecule has 1 saturated heterocycles. The largest absolute Gasteiger partial charge is 0.496 e. The Labute approximate surface area is 290 Å². The van der Waals surface area contributed by atoms with Crippen LogP contribution in [-0.4, -0.2) is 89.1 Å². The zero-order valence-corrected chi connectivity index (χ0v) is 30.3. The normalized spacial score (nSPS) is 27.8. The van der Waals surface area contributed by atoms with E-state index in [0.717, 1.165) is 28.8 Å². The van der Waals surface area contributed by atoms with Crippen LogP contribution in [0.1, 0.15) is 56.5 Å². The van der Waals surface area contributed by atoms with Crippen molar-refractivity contribution in [3.8, 4) is 16.9 Å². The molecule has 5 N–H and O–H groups in total. The van der Waals surface area contributed by atoms with Gasteiger partial charge in [-0.25, -0.2) is 4.79 Å². The highest BCUT2D eigenvalue weighted by Crippen LogP contribution is 2.61. The standard InChI is InChI=1S/C37H54N6O6/c1-20-28-16-25(37(28,3)4)17-29(20)41-35(45)32-31(21(2)48-36(46)40-6)30(18-38)49-43(32)19-22-11-10-12-27(33(22)47-9)23-13-24(34(44)39-5)15-26(14-23)42(7)8/h10-15,20-21,25,28-32H,16-19,38H2,1-9H3,(H,39,44)(H,40,46)(H,41,45)/t20-,21-,25+,28+,29-,30-,31+,32-/m0/s1. The molecule has 4 fully saturated rings. The summed E-state index contributed by atoms with van der Waals surface area (Å²) in [5.41, 5.74) is 10.3. The maximum Gasteiger partial charge on any atom is 0.407 e. The van der Waals surface area contributed by atoms with Crippen LogP contribution in [0.25, 0.3) is 11.1 Å². The SMILES string of the molecule is CNC(=O)O[C@@H](C)[C@@H]1[C@H](CN)ON(Cc2cccc(-c3cc(C(=O)NC)cc(N(C)C)c3)c2OC)[C@@H]1C(=O)N[C@H]1C[C@H]2C[C@H]([C@@H]1C)C2(C)C. The summed E-state index contributed by atoms with van der Waals surface area (Å²) in [7, 11) is 8.56. The van der Waals surface area contributed by atoms with Gasteiger partial charge in [-0.05, 0) is 66.7 Å². The molecule has 6 rings (SSSR count). The number of fused-ring (bicyclic) bond motifs is 2. The monoisotopic (exact) mass is 678 g/mol. The summed E-state index contributed by atoms with van der Waals surface area (Å²) in [5, 5.41) is 10.3. The quantitative estimate of drug-likeness (QED) is 0.279. The molecule has 1 heterocycles. The Balaban J connectivity index is 1.50. The highest BCUT2D eigenvalue weighted by molar-refractivity contribution is 5.97. The topological polar surface area (TPSA) is 147 Å². The number of amides is 3. The number of methoxy groups -OCH3 is 1. The second-order valence-electron chi connectivity index (χ2n) is 14.6. The lowest BCUT2D eigenvalue weighted by atomic mass is 9.45. The van der Waals surface area contributed by atoms with Gasteiger partial charge in [0.25, 0.3) is 5.91 Å². The Bertz CT molecular complexity index is 1550. The van der Waals surface area contributed by atoms with E-state index in [2.05, 4.69) is 36.7 Å². The van der Waals surface area contributed by atoms with Crippen LogP contribution >= 0.6 is 0 Å². The molecule has 2 bridgehead atoms. The Hall–Kier alpha value is -3.87. The molecule has 0 radical (unpaired) electrons. The summed E-state index contributed by atoms with van der Waals surface area (Å²) in [6.07, 6.45) is 0.295. The van der Waals surface area contributed by atoms with Crippen molar-refractivity contribution in [1.29, 1.82) is 0 Å². The van der Waals surface area contributed by atoms with E-state index in [0.29, 0.717) is 29.1 Å². The Morgan fingerprint density at radius 1 is 1.12 bits per heavy atom. The van der Waals surface area contributed by atoms with Gasteiger partial charge in [0.1, 0.15) is 17.9 Å². The van der Waals surface area contributed by atoms with E-state index in [1.807, 2.05) is 55.4 Å². The number of hydroxylamine groups is 2. The van der Waals surface area contributed by atoms with E-state index in [4.69, 9.17) is 20.0 Å². The number of hydrogen-bond acceptors (Lipinski definition) is 9. The fourth-order valence-electron chi connectivity index (χ4n) is 8.47. The van der Waals surface area contributed by atoms with Gasteiger partial charge in [-0.15, -0.1) is 0 Å². The number of nitrogens with one attached hydrogen (secondary N) is 3. The third-order valence-corrected chi connectivity index (χ3v) is 11.5. The van der Waals surface area contributed by atoms with Crippen LogP contribution in [0, 0.1) is 29.1 Å². The Morgan fingerprint density at radius 3 is 2.45 bits per heavy atom. The van der Waals surface area contributed by atoms with Gasteiger partial charge < -0.3 is 36.1 Å². The fraction of sp³-hybridized carbons (Fsp3) is 0.595. The van der Waals surface area contributed by atoms with Crippen molar-refractivity contribution in [2.24, 2.45) is 34.8 Å². The first-order valence-corrected chi connectivity index (χ1v) is 17.3. The van der Waals surface area contributed by atoms with E-state index >= 15 is 0 Å². The summed E-state index contributed by atoms with van der Waals surface area (Å²) in [6.45, 7) is 9.02. The molecule has 3 amide bonds. The van der Waals surface area contributed by atoms with Crippen LogP contribution in [0.2, 0.25) is 0 Å². The van der Waals surface area contributed by atoms with E-state index in [1.165, 1.54) is 13.5 Å². The number of carbonyl (C=O) groups excluding carboxylic acids is 3. The number of benzene rings is 2. The minimum Gasteiger partial charge on any atom is -0.496 e. The molecule has 0 unspecified atom stereocenters. The number of anilines is 1. The molecular formula is C37H54N6O6. The van der Waals surface area contributed by atoms with E-state index in [-0.39, 0.29) is 36.4 Å². The average Bonchev–Trinajstić information content (AvgIpc) is 3.46. The molecule has 12 nitrogen and oxygen atoms in total. The van der Waals surface area contributed by atoms with Gasteiger partial charge in [0.15, 0.2) is 0 Å². The van der Waals surface area contributed by atoms with Crippen molar-refractivity contribution in [1.82, 2.24) is 21.0 Å². The maximum atomic E-state index is 14.4. The van der Waals surface area contributed by atoms with Gasteiger partial charge in [-0.1, -0.05) is 39.0 Å². The van der Waals surface area contributed by atoms with Gasteiger partial charge in [-0.3, -0.25) is 14.4 Å². The van der Waals surface area contributed by atoms with Crippen molar-refractivity contribution >= 4 is 23.6 Å². The molecule has 8 atom stereocenters. The van der Waals surface area contributed by atoms with E-state index < -0.39 is 30.3 Å². The van der Waals surface area contributed by atoms with Crippen molar-refractivity contribution < 1.29 is 28.7 Å². The molecule has 4 aliphatic rings. The Kier molecular flexibility index (Phi) is 10.8. The number of alkyl carbamates (subject to hydrolysis) is 1. The van der Waals surface area contributed by atoms with Crippen molar-refractivity contribution in [2.45, 2.75) is 71.4 Å². The predicted molar refractivity (Wildman–Crippen MR) is 189 cm³/mol. The zero-order valence-electron chi connectivity index (χ0n) is 30.3. The number of nitrogens with zero attached hydrogens (tertiary/aromatic N) is 2. The van der Waals surface area contributed by atoms with E-state index in [1.54, 1.807) is 26.1 Å². The lowest BCUT2D eigenvalue weighted by Crippen LogP contribution is -2.62. The maximum absolute atomic E-state index is 14.4. The summed E-state index contributed by atoms with van der Waals surface area (Å²) in [6, 6.07) is 10.7. The molecule has 1 aliphatic heterocycles. The first-order chi connectivity index (χ1) is 23.2. The van der Waals surface area contributed by atoms with Crippen LogP contribution in [0.5, 0.6) is 5.75 Å². The van der Waals surface area contributed by atoms with E-state index in [9.17, 15) is 14.4 Å². The smallest absolute Gasteiger partial charge is 0.407 e. The molecule has 0 aromatic heterocycles. The Morgan fingerprint density at radius 2 is 1.86 bits per heavy atom. The van der Waals surface area contributed by atoms with Crippen LogP contribution in [-0.2, 0) is 20.9 Å². The summed E-state index contributed by atoms with van der Waals surface area (Å²) >= 11 is 0. The van der Waals surface area contributed by atoms with Gasteiger partial charge >= 0.3 is 6.09 Å². The molecule has 12 heteroatoms. The highest BCUT2D eigenvalue weighted by atomic mass is 16.7. The molecule has 2 aromatic rings. The summed E-state index contributed by atoms with van der Waals surface area (Å²) in [4.78, 5) is 47.9. The van der Waals surface area contributed by atoms with Gasteiger partial charge in [0.2, 0.25) is 5.91 Å². The molecule has 3 aliphatic carbocycles. The van der Waals surface area contributed by atoms with Crippen LogP contribution in [0.4, 0.5) is 10.5 Å². The predicted octanol–water partition coefficient (Wildman–Crippen LogP) is 3.78. The lowest BCUT2D eigenvalue weighted by Gasteiger charge is -2.62. The van der Waals surface area contributed by atoms with Crippen molar-refractivity contribution in [2.75, 3.05) is 46.7 Å². The first-order valence-electron chi connectivity index (χ1n) is 17.3. The summed E-state index contributed by atoms with van der Waals surface area (Å²) < 4.78 is 11.7. The zero-order chi connectivity index (χ0) is 35.8. The second-order valence-corrected chi connectivity index (χ2v) is 14.6. The van der Waals surface area contributed by atoms with Gasteiger partial charge in [0.05, 0.1) is 25.7 Å². The third kappa shape index (κ3) is 6.95. The first kappa shape index (κ1) is 36.4. The van der Waals surface area contributed by atoms with Crippen molar-refractivity contribution in [3.63, 3.8) is 0 Å². The molecular weight excluding hydrogens is 624 g/mol. The average molecular weight is 679 g/mol. The number of para-hydroxylation sites is 1. The van der Waals surface area contributed by atoms with Gasteiger partial charge in [0, 0.05) is 63.2 Å². The molecule has 268 valence electrons. The third-order valence-electron chi connectivity index (χ3n) is 11.5. The minimum absolute atomic E-state index is 0.0372. The van der Waals surface area contributed by atoms with Crippen LogP contribution in [0.15, 0.2) is 36.4 Å². The number of nitrogens with two attached hydrogens (primary N) is 1. The van der Waals surface area contributed by atoms with Crippen LogP contribution in [0.3, 0.4) is 0 Å². The number of hydrogen-bond donors (Lipinski definition) is 4. The molecule has 2 aromatic carbocycles. The molecule has 3 saturated carbocycles. The number of carbonyl (C=O) groups is 3. The second kappa shape index (κ2) is 14.5. The van der Waals surface area contributed by atoms with Crippen molar-refractivity contribution in [3.05, 3.63) is 47.5 Å². The molecule has 0 spiro atoms. The molecule has 49 heavy (non-hydrogen) atoms. The van der Waals surface area contributed by atoms with Crippen LogP contribution < -0.4 is 31.3 Å². The number of rotatable bonds is 11. The summed E-state index contributed by atoms with van der Waals surface area (Å²) in [5.74, 6) is 1.14.